The van der Waals surface area contributed by atoms with Gasteiger partial charge in [0.1, 0.15) is 23.0 Å². The molecule has 0 aliphatic carbocycles. The molecule has 29 heavy (non-hydrogen) atoms. The van der Waals surface area contributed by atoms with Gasteiger partial charge in [-0.1, -0.05) is 12.1 Å². The number of aliphatic hydroxyl groups is 1. The molecule has 0 saturated carbocycles. The Morgan fingerprint density at radius 1 is 1.14 bits per heavy atom. The van der Waals surface area contributed by atoms with Crippen LogP contribution in [0.15, 0.2) is 47.0 Å². The van der Waals surface area contributed by atoms with Crippen LogP contribution in [0.5, 0.6) is 0 Å². The number of pyridine rings is 1. The first-order valence-corrected chi connectivity index (χ1v) is 9.86. The first-order chi connectivity index (χ1) is 13.6. The van der Waals surface area contributed by atoms with Crippen LogP contribution in [0.25, 0.3) is 11.0 Å². The average molecular weight is 420 g/mol. The number of nitrogens with zero attached hydrogens (tertiary/aromatic N) is 3. The summed E-state index contributed by atoms with van der Waals surface area (Å²) in [7, 11) is 0. The first kappa shape index (κ1) is 21.6. The van der Waals surface area contributed by atoms with Crippen LogP contribution in [-0.4, -0.2) is 47.7 Å². The lowest BCUT2D eigenvalue weighted by atomic mass is 10.0. The highest BCUT2D eigenvalue weighted by Crippen LogP contribution is 2.28. The fourth-order valence-corrected chi connectivity index (χ4v) is 3.87. The molecule has 156 valence electrons. The number of hydrogen-bond donors (Lipinski definition) is 1. The number of aryl methyl sites for hydroxylation is 1. The minimum Gasteiger partial charge on any atom is -0.461 e. The van der Waals surface area contributed by atoms with Gasteiger partial charge in [-0.25, -0.2) is 9.37 Å². The predicted molar refractivity (Wildman–Crippen MR) is 115 cm³/mol. The Bertz CT molecular complexity index is 923. The van der Waals surface area contributed by atoms with Crippen molar-refractivity contribution in [2.24, 2.45) is 0 Å². The maximum absolute atomic E-state index is 13.0. The molecular formula is C22H27ClFN3O2. The zero-order chi connectivity index (χ0) is 19.5. The van der Waals surface area contributed by atoms with E-state index in [1.54, 1.807) is 12.1 Å². The van der Waals surface area contributed by atoms with E-state index in [1.165, 1.54) is 12.1 Å². The van der Waals surface area contributed by atoms with Crippen molar-refractivity contribution in [2.45, 2.75) is 25.9 Å². The van der Waals surface area contributed by atoms with E-state index in [1.807, 2.05) is 19.2 Å². The lowest BCUT2D eigenvalue weighted by molar-refractivity contribution is 0.154. The highest BCUT2D eigenvalue weighted by Gasteiger charge is 2.20. The highest BCUT2D eigenvalue weighted by molar-refractivity contribution is 5.89. The molecule has 1 aliphatic rings. The molecule has 1 aromatic carbocycles. The van der Waals surface area contributed by atoms with Crippen LogP contribution in [0.1, 0.15) is 30.3 Å². The summed E-state index contributed by atoms with van der Waals surface area (Å²) in [5, 5.41) is 11.3. The van der Waals surface area contributed by atoms with Crippen LogP contribution in [0, 0.1) is 12.7 Å². The van der Waals surface area contributed by atoms with Gasteiger partial charge < -0.3 is 14.4 Å². The Labute approximate surface area is 176 Å². The fourth-order valence-electron chi connectivity index (χ4n) is 3.87. The minimum absolute atomic E-state index is 0. The fraction of sp³-hybridized carbons (Fsp3) is 0.409. The summed E-state index contributed by atoms with van der Waals surface area (Å²) >= 11 is 0. The van der Waals surface area contributed by atoms with Crippen LogP contribution in [-0.2, 0) is 0 Å². The van der Waals surface area contributed by atoms with Crippen LogP contribution in [0.4, 0.5) is 10.2 Å². The molecule has 1 fully saturated rings. The molecule has 1 N–H and O–H groups in total. The van der Waals surface area contributed by atoms with Crippen molar-refractivity contribution in [3.63, 3.8) is 0 Å². The Kier molecular flexibility index (Phi) is 7.11. The summed E-state index contributed by atoms with van der Waals surface area (Å²) in [6.07, 6.45) is 2.87. The summed E-state index contributed by atoms with van der Waals surface area (Å²) in [4.78, 5) is 9.33. The topological polar surface area (TPSA) is 52.7 Å². The Hall–Kier alpha value is -2.15. The second-order valence-electron chi connectivity index (χ2n) is 7.44. The normalized spacial score (nSPS) is 16.0. The number of hydrogen-bond acceptors (Lipinski definition) is 5. The summed E-state index contributed by atoms with van der Waals surface area (Å²) in [5.74, 6) is 1.63. The molecule has 1 saturated heterocycles. The van der Waals surface area contributed by atoms with E-state index < -0.39 is 6.10 Å². The molecule has 2 aromatic heterocycles. The third-order valence-corrected chi connectivity index (χ3v) is 5.43. The highest BCUT2D eigenvalue weighted by atomic mass is 35.5. The zero-order valence-corrected chi connectivity index (χ0v) is 17.4. The number of fused-ring (bicyclic) bond motifs is 1. The second-order valence-corrected chi connectivity index (χ2v) is 7.44. The summed E-state index contributed by atoms with van der Waals surface area (Å²) in [6.45, 7) is 6.72. The first-order valence-electron chi connectivity index (χ1n) is 9.86. The van der Waals surface area contributed by atoms with E-state index in [9.17, 15) is 9.50 Å². The SMILES string of the molecule is Cc1cc2c(N3CCN(CCCC(O)c4ccc(F)cc4)CC3)nccc2o1.Cl. The van der Waals surface area contributed by atoms with Crippen molar-refractivity contribution in [1.82, 2.24) is 9.88 Å². The number of rotatable bonds is 6. The third-order valence-electron chi connectivity index (χ3n) is 5.43. The molecule has 5 nitrogen and oxygen atoms in total. The number of halogens is 2. The number of furan rings is 1. The molecule has 4 rings (SSSR count). The Morgan fingerprint density at radius 3 is 2.59 bits per heavy atom. The van der Waals surface area contributed by atoms with Crippen LogP contribution in [0.2, 0.25) is 0 Å². The molecule has 3 aromatic rings. The minimum atomic E-state index is -0.534. The predicted octanol–water partition coefficient (Wildman–Crippen LogP) is 4.33. The standard InChI is InChI=1S/C22H26FN3O2.ClH/c1-16-15-19-21(28-16)8-9-24-22(19)26-13-11-25(12-14-26)10-2-3-20(27)17-4-6-18(23)7-5-17;/h4-9,15,20,27H,2-3,10-14H2,1H3;1H. The van der Waals surface area contributed by atoms with E-state index in [4.69, 9.17) is 4.42 Å². The number of anilines is 1. The van der Waals surface area contributed by atoms with E-state index in [0.717, 1.165) is 67.3 Å². The molecule has 1 aliphatic heterocycles. The number of benzene rings is 1. The van der Waals surface area contributed by atoms with Gasteiger partial charge in [-0.3, -0.25) is 4.90 Å². The third kappa shape index (κ3) is 5.07. The average Bonchev–Trinajstić information content (AvgIpc) is 3.09. The molecule has 0 radical (unpaired) electrons. The van der Waals surface area contributed by atoms with Gasteiger partial charge in [0, 0.05) is 32.4 Å². The van der Waals surface area contributed by atoms with Crippen LogP contribution >= 0.6 is 12.4 Å². The largest absolute Gasteiger partial charge is 0.461 e. The summed E-state index contributed by atoms with van der Waals surface area (Å²) in [5.41, 5.74) is 1.67. The molecule has 1 unspecified atom stereocenters. The number of piperazine rings is 1. The lowest BCUT2D eigenvalue weighted by Gasteiger charge is -2.35. The monoisotopic (exact) mass is 419 g/mol. The van der Waals surface area contributed by atoms with Gasteiger partial charge in [0.05, 0.1) is 11.5 Å². The van der Waals surface area contributed by atoms with Gasteiger partial charge in [-0.05, 0) is 56.1 Å². The quantitative estimate of drug-likeness (QED) is 0.644. The van der Waals surface area contributed by atoms with Crippen molar-refractivity contribution in [2.75, 3.05) is 37.6 Å². The Morgan fingerprint density at radius 2 is 1.86 bits per heavy atom. The van der Waals surface area contributed by atoms with Crippen molar-refractivity contribution < 1.29 is 13.9 Å². The molecule has 0 bridgehead atoms. The van der Waals surface area contributed by atoms with Crippen molar-refractivity contribution >= 4 is 29.2 Å². The lowest BCUT2D eigenvalue weighted by Crippen LogP contribution is -2.47. The molecular weight excluding hydrogens is 393 g/mol. The Balaban J connectivity index is 0.00000240. The molecule has 3 heterocycles. The van der Waals surface area contributed by atoms with Gasteiger partial charge in [0.25, 0.3) is 0 Å². The van der Waals surface area contributed by atoms with Gasteiger partial charge in [0.2, 0.25) is 0 Å². The maximum Gasteiger partial charge on any atom is 0.139 e. The number of aromatic nitrogens is 1. The van der Waals surface area contributed by atoms with E-state index in [2.05, 4.69) is 20.9 Å². The summed E-state index contributed by atoms with van der Waals surface area (Å²) in [6, 6.07) is 10.1. The van der Waals surface area contributed by atoms with Crippen LogP contribution in [0.3, 0.4) is 0 Å². The molecule has 0 spiro atoms. The van der Waals surface area contributed by atoms with E-state index in [0.29, 0.717) is 6.42 Å². The van der Waals surface area contributed by atoms with Crippen molar-refractivity contribution in [3.05, 3.63) is 59.7 Å². The van der Waals surface area contributed by atoms with Gasteiger partial charge in [-0.2, -0.15) is 0 Å². The van der Waals surface area contributed by atoms with E-state index in [-0.39, 0.29) is 18.2 Å². The van der Waals surface area contributed by atoms with Gasteiger partial charge >= 0.3 is 0 Å². The molecule has 7 heteroatoms. The van der Waals surface area contributed by atoms with Crippen molar-refractivity contribution in [3.8, 4) is 0 Å². The smallest absolute Gasteiger partial charge is 0.139 e. The van der Waals surface area contributed by atoms with Gasteiger partial charge in [0.15, 0.2) is 0 Å². The maximum atomic E-state index is 13.0. The zero-order valence-electron chi connectivity index (χ0n) is 16.6. The van der Waals surface area contributed by atoms with Crippen molar-refractivity contribution in [1.29, 1.82) is 0 Å². The van der Waals surface area contributed by atoms with Crippen LogP contribution < -0.4 is 4.90 Å². The molecule has 0 amide bonds. The summed E-state index contributed by atoms with van der Waals surface area (Å²) < 4.78 is 18.7. The van der Waals surface area contributed by atoms with Gasteiger partial charge in [-0.15, -0.1) is 12.4 Å². The van der Waals surface area contributed by atoms with E-state index >= 15 is 0 Å². The second kappa shape index (κ2) is 9.57. The number of aliphatic hydroxyl groups excluding tert-OH is 1. The molecule has 1 atom stereocenters.